The molecule has 198 valence electrons. The summed E-state index contributed by atoms with van der Waals surface area (Å²) < 4.78 is 18.9. The Hall–Kier alpha value is -4.32. The van der Waals surface area contributed by atoms with Gasteiger partial charge in [-0.15, -0.1) is 0 Å². The maximum atomic E-state index is 13.5. The fourth-order valence-electron chi connectivity index (χ4n) is 5.02. The molecule has 0 radical (unpaired) electrons. The van der Waals surface area contributed by atoms with Gasteiger partial charge in [0.1, 0.15) is 17.2 Å². The number of rotatable bonds is 6. The number of nitrogens with one attached hydrogen (secondary N) is 3. The molecule has 0 saturated carbocycles. The minimum absolute atomic E-state index is 0.330. The minimum atomic E-state index is -1.14. The quantitative estimate of drug-likeness (QED) is 0.139. The highest BCUT2D eigenvalue weighted by atomic mass is 35.5. The summed E-state index contributed by atoms with van der Waals surface area (Å²) in [6.07, 6.45) is 4.04. The Morgan fingerprint density at radius 1 is 1.26 bits per heavy atom. The Morgan fingerprint density at radius 2 is 2.05 bits per heavy atom. The van der Waals surface area contributed by atoms with Crippen molar-refractivity contribution < 1.29 is 8.91 Å². The molecule has 12 heteroatoms. The van der Waals surface area contributed by atoms with Crippen molar-refractivity contribution in [3.8, 4) is 11.4 Å². The van der Waals surface area contributed by atoms with Gasteiger partial charge in [-0.2, -0.15) is 10.1 Å². The zero-order valence-electron chi connectivity index (χ0n) is 21.2. The molecule has 5 N–H and O–H groups in total. The van der Waals surface area contributed by atoms with Gasteiger partial charge in [0.15, 0.2) is 5.82 Å². The second-order valence-corrected chi connectivity index (χ2v) is 9.95. The normalized spacial score (nSPS) is 19.1. The first-order valence-electron chi connectivity index (χ1n) is 12.2. The Balaban J connectivity index is 1.55. The van der Waals surface area contributed by atoms with E-state index in [-0.39, 0.29) is 11.9 Å². The largest absolute Gasteiger partial charge is 0.356 e. The molecule has 0 aliphatic carbocycles. The maximum absolute atomic E-state index is 13.5. The van der Waals surface area contributed by atoms with Gasteiger partial charge in [0.05, 0.1) is 11.7 Å². The van der Waals surface area contributed by atoms with E-state index in [1.165, 1.54) is 17.1 Å². The van der Waals surface area contributed by atoms with Crippen LogP contribution in [-0.2, 0) is 12.0 Å². The van der Waals surface area contributed by atoms with Crippen molar-refractivity contribution in [1.82, 2.24) is 40.6 Å². The Bertz CT molecular complexity index is 1720. The average Bonchev–Trinajstić information content (AvgIpc) is 3.66. The first kappa shape index (κ1) is 25.0. The van der Waals surface area contributed by atoms with Crippen molar-refractivity contribution in [2.24, 2.45) is 5.84 Å². The molecule has 0 amide bonds. The zero-order chi connectivity index (χ0) is 27.3. The average molecular weight is 546 g/mol. The molecule has 0 bridgehead atoms. The van der Waals surface area contributed by atoms with Gasteiger partial charge < -0.3 is 14.5 Å². The summed E-state index contributed by atoms with van der Waals surface area (Å²) in [6, 6.07) is 11.3. The van der Waals surface area contributed by atoms with Gasteiger partial charge in [-0.25, -0.2) is 15.2 Å². The molecule has 1 aliphatic rings. The van der Waals surface area contributed by atoms with Gasteiger partial charge in [-0.3, -0.25) is 10.4 Å². The van der Waals surface area contributed by atoms with E-state index in [4.69, 9.17) is 27.0 Å². The molecule has 0 fully saturated rings. The van der Waals surface area contributed by atoms with E-state index >= 15 is 0 Å². The van der Waals surface area contributed by atoms with Crippen molar-refractivity contribution in [2.45, 2.75) is 24.9 Å². The number of nitrogens with two attached hydrogens (primary N) is 1. The number of aryl methyl sites for hydroxylation is 1. The van der Waals surface area contributed by atoms with Crippen molar-refractivity contribution in [3.05, 3.63) is 107 Å². The molecule has 5 aromatic rings. The molecule has 39 heavy (non-hydrogen) atoms. The van der Waals surface area contributed by atoms with E-state index in [1.807, 2.05) is 18.2 Å². The number of halogens is 2. The van der Waals surface area contributed by atoms with Crippen LogP contribution in [0.4, 0.5) is 4.39 Å². The maximum Gasteiger partial charge on any atom is 0.223 e. The molecule has 0 saturated heterocycles. The Morgan fingerprint density at radius 3 is 2.77 bits per heavy atom. The summed E-state index contributed by atoms with van der Waals surface area (Å²) in [6.45, 7) is 6.13. The fraction of sp³-hybridized carbons (Fsp3) is 0.185. The highest BCUT2D eigenvalue weighted by molar-refractivity contribution is 6.31. The summed E-state index contributed by atoms with van der Waals surface area (Å²) in [5.74, 6) is 7.35. The van der Waals surface area contributed by atoms with E-state index in [1.54, 1.807) is 38.4 Å². The lowest BCUT2D eigenvalue weighted by atomic mass is 9.78. The predicted molar refractivity (Wildman–Crippen MR) is 145 cm³/mol. The van der Waals surface area contributed by atoms with Crippen molar-refractivity contribution in [1.29, 1.82) is 0 Å². The van der Waals surface area contributed by atoms with E-state index in [0.29, 0.717) is 45.9 Å². The van der Waals surface area contributed by atoms with Crippen LogP contribution in [0.2, 0.25) is 5.02 Å². The molecule has 10 nitrogen and oxygen atoms in total. The smallest absolute Gasteiger partial charge is 0.223 e. The highest BCUT2D eigenvalue weighted by Gasteiger charge is 2.49. The van der Waals surface area contributed by atoms with Crippen LogP contribution in [0, 0.1) is 12.7 Å². The first-order valence-corrected chi connectivity index (χ1v) is 12.5. The Kier molecular flexibility index (Phi) is 6.06. The van der Waals surface area contributed by atoms with Gasteiger partial charge in [-0.05, 0) is 66.1 Å². The van der Waals surface area contributed by atoms with Crippen LogP contribution in [0.5, 0.6) is 0 Å². The number of hydrogen-bond acceptors (Lipinski definition) is 8. The lowest BCUT2D eigenvalue weighted by Gasteiger charge is -2.40. The molecule has 1 aliphatic heterocycles. The third kappa shape index (κ3) is 4.30. The van der Waals surface area contributed by atoms with Gasteiger partial charge in [0, 0.05) is 41.7 Å². The number of hydrazine groups is 1. The standard InChI is InChI=1S/C27H25ClFN9O/c1-14(10-11-38(3)30)27(26-31-15(2)39-37-26)23-20(19-12-17(28)6-9-21(19)32-23)13-22(34-27)25-33-24(35-36-25)16-4-7-18(29)8-5-16/h4-12,22,32,34H,1,13,30H2,2-3H3,(H,33,35,36)/b11-10-/t22-,27?/m1/s1. The van der Waals surface area contributed by atoms with Gasteiger partial charge >= 0.3 is 0 Å². The highest BCUT2D eigenvalue weighted by Crippen LogP contribution is 2.46. The van der Waals surface area contributed by atoms with E-state index < -0.39 is 5.54 Å². The van der Waals surface area contributed by atoms with Crippen molar-refractivity contribution >= 4 is 22.5 Å². The number of H-pyrrole nitrogens is 2. The molecular weight excluding hydrogens is 521 g/mol. The van der Waals surface area contributed by atoms with Crippen LogP contribution >= 0.6 is 11.6 Å². The third-order valence-corrected chi connectivity index (χ3v) is 7.07. The molecule has 4 heterocycles. The second kappa shape index (κ2) is 9.45. The van der Waals surface area contributed by atoms with E-state index in [9.17, 15) is 4.39 Å². The summed E-state index contributed by atoms with van der Waals surface area (Å²) in [7, 11) is 1.72. The molecule has 1 unspecified atom stereocenters. The van der Waals surface area contributed by atoms with E-state index in [0.717, 1.165) is 22.2 Å². The van der Waals surface area contributed by atoms with Crippen molar-refractivity contribution in [2.75, 3.05) is 7.05 Å². The lowest BCUT2D eigenvalue weighted by Crippen LogP contribution is -2.51. The summed E-state index contributed by atoms with van der Waals surface area (Å²) in [4.78, 5) is 12.9. The summed E-state index contributed by atoms with van der Waals surface area (Å²) >= 11 is 6.42. The number of aromatic nitrogens is 6. The van der Waals surface area contributed by atoms with Crippen molar-refractivity contribution in [3.63, 3.8) is 0 Å². The fourth-order valence-corrected chi connectivity index (χ4v) is 5.19. The second-order valence-electron chi connectivity index (χ2n) is 9.51. The zero-order valence-corrected chi connectivity index (χ0v) is 21.9. The number of fused-ring (bicyclic) bond motifs is 3. The number of nitrogens with zero attached hydrogens (tertiary/aromatic N) is 5. The Labute approximate surface area is 227 Å². The molecular formula is C27H25ClFN9O. The third-order valence-electron chi connectivity index (χ3n) is 6.83. The van der Waals surface area contributed by atoms with Crippen LogP contribution in [0.25, 0.3) is 22.3 Å². The molecule has 2 aromatic carbocycles. The van der Waals surface area contributed by atoms with Gasteiger partial charge in [-0.1, -0.05) is 23.3 Å². The van der Waals surface area contributed by atoms with Crippen LogP contribution in [0.15, 0.2) is 71.4 Å². The topological polar surface area (TPSA) is 138 Å². The van der Waals surface area contributed by atoms with Crippen LogP contribution in [0.1, 0.15) is 34.8 Å². The molecule has 2 atom stereocenters. The SMILES string of the molecule is C=C(/C=C\N(C)N)C1(c2noc(C)n2)N[C@@H](c2nc(-c3ccc(F)cc3)n[nH]2)Cc2c1[nH]c1ccc(Cl)cc21. The molecule has 3 aromatic heterocycles. The summed E-state index contributed by atoms with van der Waals surface area (Å²) in [5, 5.41) is 18.5. The monoisotopic (exact) mass is 545 g/mol. The molecule has 6 rings (SSSR count). The number of aromatic amines is 2. The lowest BCUT2D eigenvalue weighted by molar-refractivity contribution is 0.316. The minimum Gasteiger partial charge on any atom is -0.356 e. The van der Waals surface area contributed by atoms with Gasteiger partial charge in [0.25, 0.3) is 0 Å². The molecule has 0 spiro atoms. The van der Waals surface area contributed by atoms with E-state index in [2.05, 4.69) is 37.2 Å². The first-order chi connectivity index (χ1) is 18.7. The number of hydrogen-bond donors (Lipinski definition) is 4. The predicted octanol–water partition coefficient (Wildman–Crippen LogP) is 4.44. The van der Waals surface area contributed by atoms with Crippen LogP contribution in [-0.4, -0.2) is 42.4 Å². The van der Waals surface area contributed by atoms with Gasteiger partial charge in [0.2, 0.25) is 11.7 Å². The van der Waals surface area contributed by atoms with Crippen LogP contribution in [0.3, 0.4) is 0 Å². The summed E-state index contributed by atoms with van der Waals surface area (Å²) in [5.41, 5.74) is 2.86. The number of benzene rings is 2. The van der Waals surface area contributed by atoms with Crippen LogP contribution < -0.4 is 11.2 Å².